The molecule has 0 amide bonds. The van der Waals surface area contributed by atoms with E-state index in [-0.39, 0.29) is 11.4 Å². The molecule has 10 heteroatoms. The number of hydrogen-bond acceptors (Lipinski definition) is 6. The molecule has 1 aromatic heterocycles. The Hall–Kier alpha value is -3.79. The summed E-state index contributed by atoms with van der Waals surface area (Å²) in [4.78, 5) is 11.0. The van der Waals surface area contributed by atoms with E-state index in [1.807, 2.05) is 23.8 Å². The summed E-state index contributed by atoms with van der Waals surface area (Å²) in [6, 6.07) is 10.5. The van der Waals surface area contributed by atoms with Crippen LogP contribution in [0.1, 0.15) is 23.2 Å². The van der Waals surface area contributed by atoms with Gasteiger partial charge < -0.3 is 24.1 Å². The molecule has 0 radical (unpaired) electrons. The second-order valence-corrected chi connectivity index (χ2v) is 8.60. The monoisotopic (exact) mass is 484 g/mol. The third kappa shape index (κ3) is 4.03. The first kappa shape index (κ1) is 23.0. The molecule has 1 saturated heterocycles. The molecule has 0 aliphatic carbocycles. The van der Waals surface area contributed by atoms with Crippen LogP contribution in [0.25, 0.3) is 11.8 Å². The van der Waals surface area contributed by atoms with Crippen LogP contribution in [0.2, 0.25) is 0 Å². The van der Waals surface area contributed by atoms with E-state index in [0.29, 0.717) is 16.9 Å². The number of aromatic nitrogens is 2. The number of alkyl halides is 2. The van der Waals surface area contributed by atoms with Crippen LogP contribution in [0, 0.1) is 12.7 Å². The molecule has 0 saturated carbocycles. The zero-order chi connectivity index (χ0) is 24.8. The van der Waals surface area contributed by atoms with Gasteiger partial charge in [0, 0.05) is 23.8 Å². The zero-order valence-electron chi connectivity index (χ0n) is 19.1. The lowest BCUT2D eigenvalue weighted by Gasteiger charge is -2.41. The van der Waals surface area contributed by atoms with E-state index in [4.69, 9.17) is 9.57 Å². The van der Waals surface area contributed by atoms with Crippen molar-refractivity contribution in [2.75, 3.05) is 20.3 Å². The summed E-state index contributed by atoms with van der Waals surface area (Å²) in [6.07, 6.45) is 4.57. The predicted octanol–water partition coefficient (Wildman–Crippen LogP) is 4.24. The van der Waals surface area contributed by atoms with Crippen LogP contribution in [-0.2, 0) is 10.6 Å². The second kappa shape index (κ2) is 8.46. The van der Waals surface area contributed by atoms with Gasteiger partial charge in [-0.05, 0) is 55.0 Å². The highest BCUT2D eigenvalue weighted by atomic mass is 19.3. The molecule has 2 aromatic carbocycles. The van der Waals surface area contributed by atoms with Crippen LogP contribution in [-0.4, -0.2) is 51.6 Å². The number of nitrogens with zero attached hydrogens (tertiary/aromatic N) is 4. The summed E-state index contributed by atoms with van der Waals surface area (Å²) in [6.45, 7) is 0.519. The predicted molar refractivity (Wildman–Crippen MR) is 123 cm³/mol. The highest BCUT2D eigenvalue weighted by molar-refractivity contribution is 6.04. The number of aryl methyl sites for hydroxylation is 1. The Labute approximate surface area is 199 Å². The number of fused-ring (bicyclic) bond motifs is 1. The molecule has 7 nitrogen and oxygen atoms in total. The van der Waals surface area contributed by atoms with Crippen molar-refractivity contribution in [2.24, 2.45) is 5.16 Å². The first-order valence-electron chi connectivity index (χ1n) is 10.9. The van der Waals surface area contributed by atoms with Gasteiger partial charge in [0.2, 0.25) is 0 Å². The van der Waals surface area contributed by atoms with E-state index < -0.39 is 37.0 Å². The smallest absolute Gasteiger partial charge is 0.269 e. The van der Waals surface area contributed by atoms with E-state index in [1.54, 1.807) is 24.5 Å². The fourth-order valence-corrected chi connectivity index (χ4v) is 4.46. The average Bonchev–Trinajstić information content (AvgIpc) is 3.43. The summed E-state index contributed by atoms with van der Waals surface area (Å²) in [5.74, 6) is -2.87. The molecule has 35 heavy (non-hydrogen) atoms. The largest absolute Gasteiger partial charge is 0.495 e. The van der Waals surface area contributed by atoms with Crippen LogP contribution >= 0.6 is 0 Å². The van der Waals surface area contributed by atoms with Crippen molar-refractivity contribution in [3.05, 3.63) is 83.2 Å². The molecule has 5 rings (SSSR count). The van der Waals surface area contributed by atoms with Gasteiger partial charge in [-0.15, -0.1) is 0 Å². The Kier molecular flexibility index (Phi) is 5.55. The number of ether oxygens (including phenoxy) is 1. The van der Waals surface area contributed by atoms with Crippen LogP contribution in [0.4, 0.5) is 13.2 Å². The Morgan fingerprint density at radius 1 is 1.20 bits per heavy atom. The summed E-state index contributed by atoms with van der Waals surface area (Å²) in [5, 5.41) is 14.3. The fraction of sp³-hybridized carbons (Fsp3) is 0.280. The van der Waals surface area contributed by atoms with Crippen LogP contribution in [0.5, 0.6) is 5.75 Å². The molecular weight excluding hydrogens is 461 g/mol. The Bertz CT molecular complexity index is 1320. The summed E-state index contributed by atoms with van der Waals surface area (Å²) >= 11 is 0. The lowest BCUT2D eigenvalue weighted by Crippen LogP contribution is -2.56. The van der Waals surface area contributed by atoms with Gasteiger partial charge in [-0.1, -0.05) is 11.2 Å². The van der Waals surface area contributed by atoms with E-state index in [2.05, 4.69) is 10.1 Å². The number of benzene rings is 2. The average molecular weight is 484 g/mol. The van der Waals surface area contributed by atoms with Gasteiger partial charge in [-0.25, -0.2) is 18.2 Å². The number of piperidine rings is 1. The van der Waals surface area contributed by atoms with Crippen molar-refractivity contribution in [2.45, 2.75) is 25.0 Å². The van der Waals surface area contributed by atoms with Crippen molar-refractivity contribution in [3.63, 3.8) is 0 Å². The second-order valence-electron chi connectivity index (χ2n) is 8.60. The highest BCUT2D eigenvalue weighted by Gasteiger charge is 2.55. The topological polar surface area (TPSA) is 72.1 Å². The number of methoxy groups -OCH3 is 1. The van der Waals surface area contributed by atoms with Gasteiger partial charge >= 0.3 is 0 Å². The molecule has 3 aromatic rings. The Balaban J connectivity index is 1.53. The SMILES string of the molecule is COc1cc(C=C2CC(F)(F)CN3C2=NO[C@@]3(CO)c2ccc(F)cc2)ccc1-n1cnc(C)c1. The van der Waals surface area contributed by atoms with Gasteiger partial charge in [-0.3, -0.25) is 0 Å². The normalized spacial score (nSPS) is 22.1. The molecule has 0 unspecified atom stereocenters. The van der Waals surface area contributed by atoms with Crippen LogP contribution < -0.4 is 4.74 Å². The number of rotatable bonds is 5. The molecule has 1 N–H and O–H groups in total. The van der Waals surface area contributed by atoms with Crippen molar-refractivity contribution in [1.29, 1.82) is 0 Å². The molecule has 182 valence electrons. The molecule has 2 aliphatic rings. The number of amidine groups is 1. The standard InChI is InChI=1S/C25H23F3N4O3/c1-16-12-31(15-29-16)21-8-3-17(10-22(21)34-2)9-18-11-24(27,28)13-32-23(18)30-35-25(32,14-33)19-4-6-20(26)7-5-19/h3-10,12,15,33H,11,13-14H2,1-2H3/t25-/m0/s1. The molecule has 0 spiro atoms. The van der Waals surface area contributed by atoms with E-state index in [1.165, 1.54) is 36.3 Å². The highest BCUT2D eigenvalue weighted by Crippen LogP contribution is 2.44. The van der Waals surface area contributed by atoms with E-state index >= 15 is 0 Å². The number of hydrogen-bond donors (Lipinski definition) is 1. The van der Waals surface area contributed by atoms with E-state index in [9.17, 15) is 18.3 Å². The number of halogens is 3. The number of aliphatic hydroxyl groups is 1. The number of oxime groups is 1. The minimum atomic E-state index is -3.11. The van der Waals surface area contributed by atoms with Gasteiger partial charge in [0.1, 0.15) is 18.2 Å². The lowest BCUT2D eigenvalue weighted by molar-refractivity contribution is -0.160. The van der Waals surface area contributed by atoms with Crippen molar-refractivity contribution < 1.29 is 27.9 Å². The first-order valence-corrected chi connectivity index (χ1v) is 10.9. The molecule has 1 fully saturated rings. The Morgan fingerprint density at radius 2 is 1.97 bits per heavy atom. The number of imidazole rings is 1. The maximum absolute atomic E-state index is 14.9. The third-order valence-corrected chi connectivity index (χ3v) is 6.14. The zero-order valence-corrected chi connectivity index (χ0v) is 19.1. The summed E-state index contributed by atoms with van der Waals surface area (Å²) in [7, 11) is 1.53. The maximum Gasteiger partial charge on any atom is 0.269 e. The van der Waals surface area contributed by atoms with Gasteiger partial charge in [0.15, 0.2) is 5.84 Å². The molecule has 1 atom stereocenters. The minimum absolute atomic E-state index is 0.197. The molecule has 2 aliphatic heterocycles. The molecule has 0 bridgehead atoms. The first-order chi connectivity index (χ1) is 16.7. The summed E-state index contributed by atoms with van der Waals surface area (Å²) in [5.41, 5.74) is 1.11. The third-order valence-electron chi connectivity index (χ3n) is 6.14. The lowest BCUT2D eigenvalue weighted by atomic mass is 9.93. The summed E-state index contributed by atoms with van der Waals surface area (Å²) < 4.78 is 50.7. The Morgan fingerprint density at radius 3 is 2.63 bits per heavy atom. The van der Waals surface area contributed by atoms with Crippen molar-refractivity contribution >= 4 is 11.9 Å². The fourth-order valence-electron chi connectivity index (χ4n) is 4.46. The van der Waals surface area contributed by atoms with Crippen molar-refractivity contribution in [3.8, 4) is 11.4 Å². The van der Waals surface area contributed by atoms with Crippen LogP contribution in [0.3, 0.4) is 0 Å². The molecule has 3 heterocycles. The van der Waals surface area contributed by atoms with Crippen LogP contribution in [0.15, 0.2) is 65.7 Å². The van der Waals surface area contributed by atoms with Crippen molar-refractivity contribution in [1.82, 2.24) is 14.5 Å². The van der Waals surface area contributed by atoms with E-state index in [0.717, 1.165) is 11.4 Å². The van der Waals surface area contributed by atoms with Gasteiger partial charge in [-0.2, -0.15) is 0 Å². The maximum atomic E-state index is 14.9. The minimum Gasteiger partial charge on any atom is -0.495 e. The van der Waals surface area contributed by atoms with Gasteiger partial charge in [0.25, 0.3) is 11.6 Å². The van der Waals surface area contributed by atoms with Gasteiger partial charge in [0.05, 0.1) is 31.4 Å². The number of aliphatic hydroxyl groups excluding tert-OH is 1. The molecular formula is C25H23F3N4O3. The quantitative estimate of drug-likeness (QED) is 0.587.